The topological polar surface area (TPSA) is 89.3 Å². The van der Waals surface area contributed by atoms with Gasteiger partial charge in [0.25, 0.3) is 0 Å². The quantitative estimate of drug-likeness (QED) is 0.739. The van der Waals surface area contributed by atoms with Gasteiger partial charge in [0.05, 0.1) is 4.90 Å². The molecule has 0 amide bonds. The fourth-order valence-corrected chi connectivity index (χ4v) is 3.34. The summed E-state index contributed by atoms with van der Waals surface area (Å²) in [6.45, 7) is 1.80. The van der Waals surface area contributed by atoms with E-state index in [1.54, 1.807) is 25.1 Å². The lowest BCUT2D eigenvalue weighted by molar-refractivity contribution is 0.580. The molecule has 3 N–H and O–H groups in total. The molecular weight excluding hydrogens is 304 g/mol. The highest BCUT2D eigenvalue weighted by atomic mass is 32.2. The second-order valence-corrected chi connectivity index (χ2v) is 8.00. The maximum Gasteiger partial charge on any atom is 0.241 e. The normalized spacial score (nSPS) is 14.8. The second-order valence-electron chi connectivity index (χ2n) is 4.02. The third kappa shape index (κ3) is 4.34. The summed E-state index contributed by atoms with van der Waals surface area (Å²) in [6.07, 6.45) is 1.53. The Bertz CT molecular complexity index is 599. The Morgan fingerprint density at radius 2 is 2.05 bits per heavy atom. The van der Waals surface area contributed by atoms with E-state index in [0.717, 1.165) is 0 Å². The van der Waals surface area contributed by atoms with E-state index < -0.39 is 20.8 Å². The van der Waals surface area contributed by atoms with Gasteiger partial charge >= 0.3 is 0 Å². The lowest BCUT2D eigenvalue weighted by Gasteiger charge is -2.13. The van der Waals surface area contributed by atoms with Crippen LogP contribution in [0.3, 0.4) is 0 Å². The maximum absolute atomic E-state index is 12.2. The number of hydrogen-bond donors (Lipinski definition) is 2. The van der Waals surface area contributed by atoms with Crippen LogP contribution in [0.25, 0.3) is 0 Å². The van der Waals surface area contributed by atoms with Crippen LogP contribution in [0.1, 0.15) is 12.5 Å². The number of hydrogen-bond acceptors (Lipinski definition) is 4. The molecule has 0 fully saturated rings. The number of nitrogens with two attached hydrogens (primary N) is 1. The van der Waals surface area contributed by atoms with Crippen molar-refractivity contribution < 1.29 is 12.6 Å². The molecule has 0 heterocycles. The summed E-state index contributed by atoms with van der Waals surface area (Å²) in [5.41, 5.74) is 5.81. The molecule has 0 saturated carbocycles. The second kappa shape index (κ2) is 6.56. The molecule has 106 valence electrons. The molecule has 19 heavy (non-hydrogen) atoms. The molecule has 0 bridgehead atoms. The van der Waals surface area contributed by atoms with Gasteiger partial charge in [0.15, 0.2) is 0 Å². The van der Waals surface area contributed by atoms with Crippen LogP contribution in [0.4, 0.5) is 0 Å². The third-order valence-electron chi connectivity index (χ3n) is 2.57. The van der Waals surface area contributed by atoms with Gasteiger partial charge in [-0.25, -0.2) is 13.1 Å². The minimum absolute atomic E-state index is 0.0214. The molecule has 0 aliphatic rings. The summed E-state index contributed by atoms with van der Waals surface area (Å²) in [5.74, 6) is 0. The zero-order valence-electron chi connectivity index (χ0n) is 10.6. The molecule has 0 saturated heterocycles. The summed E-state index contributed by atoms with van der Waals surface area (Å²) in [5, 5.41) is -0.272. The highest BCUT2D eigenvalue weighted by Crippen LogP contribution is 2.15. The van der Waals surface area contributed by atoms with Gasteiger partial charge < -0.3 is 5.73 Å². The fourth-order valence-electron chi connectivity index (χ4n) is 1.33. The van der Waals surface area contributed by atoms with Crippen LogP contribution in [-0.4, -0.2) is 35.7 Å². The highest BCUT2D eigenvalue weighted by molar-refractivity contribution is 7.90. The highest BCUT2D eigenvalue weighted by Gasteiger charge is 2.20. The molecule has 1 rings (SSSR count). The summed E-state index contributed by atoms with van der Waals surface area (Å²) in [6, 6.07) is 6.25. The largest absolute Gasteiger partial charge is 0.389 e. The molecule has 0 aliphatic heterocycles. The molecule has 1 aromatic carbocycles. The Hall–Kier alpha value is -0.830. The van der Waals surface area contributed by atoms with Gasteiger partial charge in [0.2, 0.25) is 10.0 Å². The van der Waals surface area contributed by atoms with Crippen molar-refractivity contribution >= 4 is 38.0 Å². The van der Waals surface area contributed by atoms with E-state index in [4.69, 9.17) is 18.0 Å². The van der Waals surface area contributed by atoms with Crippen molar-refractivity contribution in [3.05, 3.63) is 29.8 Å². The number of sulfonamides is 1. The first-order valence-corrected chi connectivity index (χ1v) is 8.97. The van der Waals surface area contributed by atoms with Crippen molar-refractivity contribution in [3.63, 3.8) is 0 Å². The van der Waals surface area contributed by atoms with Crippen LogP contribution in [0.2, 0.25) is 0 Å². The molecule has 0 aliphatic carbocycles. The lowest BCUT2D eigenvalue weighted by Crippen LogP contribution is -2.33. The van der Waals surface area contributed by atoms with Crippen molar-refractivity contribution in [3.8, 4) is 0 Å². The zero-order valence-corrected chi connectivity index (χ0v) is 13.1. The average molecular weight is 320 g/mol. The van der Waals surface area contributed by atoms with Gasteiger partial charge in [-0.3, -0.25) is 4.21 Å². The first kappa shape index (κ1) is 16.2. The smallest absolute Gasteiger partial charge is 0.241 e. The average Bonchev–Trinajstić information content (AvgIpc) is 2.35. The Kier molecular flexibility index (Phi) is 5.60. The number of thiocarbonyl (C=S) groups is 1. The summed E-state index contributed by atoms with van der Waals surface area (Å²) < 4.78 is 37.9. The SMILES string of the molecule is CC(CNS(=O)(=O)c1ccccc1C(N)=S)S(C)=O. The molecule has 5 nitrogen and oxygen atoms in total. The number of rotatable bonds is 6. The van der Waals surface area contributed by atoms with Crippen LogP contribution in [-0.2, 0) is 20.8 Å². The molecular formula is C11H16N2O3S3. The Labute approximate surface area is 121 Å². The predicted molar refractivity (Wildman–Crippen MR) is 81.0 cm³/mol. The maximum atomic E-state index is 12.2. The molecule has 2 atom stereocenters. The van der Waals surface area contributed by atoms with Crippen LogP contribution in [0, 0.1) is 0 Å². The molecule has 1 aromatic rings. The first-order chi connectivity index (χ1) is 8.75. The summed E-state index contributed by atoms with van der Waals surface area (Å²) in [4.78, 5) is 0.0599. The van der Waals surface area contributed by atoms with Gasteiger partial charge in [0, 0.05) is 34.4 Å². The summed E-state index contributed by atoms with van der Waals surface area (Å²) >= 11 is 4.83. The van der Waals surface area contributed by atoms with Gasteiger partial charge in [0.1, 0.15) is 4.99 Å². The summed E-state index contributed by atoms with van der Waals surface area (Å²) in [7, 11) is -4.81. The van der Waals surface area contributed by atoms with Crippen molar-refractivity contribution in [2.24, 2.45) is 5.73 Å². The lowest BCUT2D eigenvalue weighted by atomic mass is 10.2. The van der Waals surface area contributed by atoms with Crippen molar-refractivity contribution in [1.29, 1.82) is 0 Å². The van der Waals surface area contributed by atoms with E-state index in [0.29, 0.717) is 5.56 Å². The van der Waals surface area contributed by atoms with Crippen molar-refractivity contribution in [1.82, 2.24) is 4.72 Å². The van der Waals surface area contributed by atoms with Crippen LogP contribution in [0.5, 0.6) is 0 Å². The molecule has 0 radical (unpaired) electrons. The van der Waals surface area contributed by atoms with E-state index in [1.165, 1.54) is 12.3 Å². The van der Waals surface area contributed by atoms with E-state index >= 15 is 0 Å². The number of nitrogens with one attached hydrogen (secondary N) is 1. The van der Waals surface area contributed by atoms with Gasteiger partial charge in [-0.2, -0.15) is 0 Å². The van der Waals surface area contributed by atoms with Crippen LogP contribution in [0.15, 0.2) is 29.2 Å². The van der Waals surface area contributed by atoms with E-state index in [9.17, 15) is 12.6 Å². The van der Waals surface area contributed by atoms with Gasteiger partial charge in [-0.05, 0) is 13.0 Å². The molecule has 0 aromatic heterocycles. The Balaban J connectivity index is 3.01. The molecule has 2 unspecified atom stereocenters. The molecule has 0 spiro atoms. The van der Waals surface area contributed by atoms with E-state index in [-0.39, 0.29) is 21.7 Å². The zero-order chi connectivity index (χ0) is 14.6. The van der Waals surface area contributed by atoms with Crippen molar-refractivity contribution in [2.45, 2.75) is 17.1 Å². The van der Waals surface area contributed by atoms with E-state index in [1.807, 2.05) is 0 Å². The number of benzene rings is 1. The Morgan fingerprint density at radius 3 is 2.58 bits per heavy atom. The fraction of sp³-hybridized carbons (Fsp3) is 0.364. The monoisotopic (exact) mass is 320 g/mol. The third-order valence-corrected chi connectivity index (χ3v) is 5.57. The first-order valence-electron chi connectivity index (χ1n) is 5.46. The molecule has 8 heteroatoms. The standard InChI is InChI=1S/C11H16N2O3S3/c1-8(18(2)14)7-13-19(15,16)10-6-4-3-5-9(10)11(12)17/h3-6,8,13H,7H2,1-2H3,(H2,12,17). The van der Waals surface area contributed by atoms with E-state index in [2.05, 4.69) is 4.72 Å². The minimum atomic E-state index is -3.72. The van der Waals surface area contributed by atoms with Gasteiger partial charge in [-0.15, -0.1) is 0 Å². The van der Waals surface area contributed by atoms with Crippen LogP contribution >= 0.6 is 12.2 Å². The van der Waals surface area contributed by atoms with Crippen molar-refractivity contribution in [2.75, 3.05) is 12.8 Å². The predicted octanol–water partition coefficient (Wildman–Crippen LogP) is 0.366. The van der Waals surface area contributed by atoms with Gasteiger partial charge in [-0.1, -0.05) is 30.4 Å². The van der Waals surface area contributed by atoms with Crippen LogP contribution < -0.4 is 10.5 Å². The Morgan fingerprint density at radius 1 is 1.47 bits per heavy atom. The minimum Gasteiger partial charge on any atom is -0.389 e.